The maximum atomic E-state index is 11.5. The molecular formula is C16H11N5OS. The summed E-state index contributed by atoms with van der Waals surface area (Å²) in [4.78, 5) is 27.8. The summed E-state index contributed by atoms with van der Waals surface area (Å²) in [5.41, 5.74) is 8.98. The topological polar surface area (TPSA) is 97.6 Å². The SMILES string of the molecule is NC(=O)c1cccc2[nH]c(-c3nc(-c4ccncc4)cs3)nc12. The van der Waals surface area contributed by atoms with Crippen molar-refractivity contribution in [1.29, 1.82) is 0 Å². The van der Waals surface area contributed by atoms with Gasteiger partial charge in [-0.3, -0.25) is 9.78 Å². The van der Waals surface area contributed by atoms with Gasteiger partial charge in [0.25, 0.3) is 5.91 Å². The Kier molecular flexibility index (Phi) is 3.13. The summed E-state index contributed by atoms with van der Waals surface area (Å²) in [5, 5.41) is 2.72. The minimum absolute atomic E-state index is 0.399. The van der Waals surface area contributed by atoms with Crippen LogP contribution in [0.3, 0.4) is 0 Å². The average molecular weight is 321 g/mol. The third kappa shape index (κ3) is 2.36. The van der Waals surface area contributed by atoms with E-state index in [1.54, 1.807) is 24.5 Å². The van der Waals surface area contributed by atoms with E-state index in [0.717, 1.165) is 21.8 Å². The second kappa shape index (κ2) is 5.29. The highest BCUT2D eigenvalue weighted by atomic mass is 32.1. The standard InChI is InChI=1S/C16H11N5OS/c17-14(22)10-2-1-3-11-13(10)21-15(19-11)16-20-12(8-23-16)9-4-6-18-7-5-9/h1-8H,(H2,17,22)(H,19,21). The molecule has 0 aliphatic rings. The zero-order valence-corrected chi connectivity index (χ0v) is 12.7. The number of nitrogens with zero attached hydrogens (tertiary/aromatic N) is 3. The number of aromatic nitrogens is 4. The summed E-state index contributed by atoms with van der Waals surface area (Å²) in [6.07, 6.45) is 3.46. The molecular weight excluding hydrogens is 310 g/mol. The lowest BCUT2D eigenvalue weighted by Gasteiger charge is -1.94. The van der Waals surface area contributed by atoms with E-state index < -0.39 is 5.91 Å². The molecule has 23 heavy (non-hydrogen) atoms. The van der Waals surface area contributed by atoms with Gasteiger partial charge in [-0.25, -0.2) is 9.97 Å². The number of nitrogens with one attached hydrogen (secondary N) is 1. The number of carbonyl (C=O) groups is 1. The van der Waals surface area contributed by atoms with Crippen LogP contribution in [0.5, 0.6) is 0 Å². The monoisotopic (exact) mass is 321 g/mol. The molecule has 0 aliphatic carbocycles. The third-order valence-corrected chi connectivity index (χ3v) is 4.31. The van der Waals surface area contributed by atoms with Crippen molar-refractivity contribution in [3.8, 4) is 22.1 Å². The van der Waals surface area contributed by atoms with Gasteiger partial charge in [0.2, 0.25) is 0 Å². The Morgan fingerprint density at radius 3 is 2.74 bits per heavy atom. The van der Waals surface area contributed by atoms with Crippen molar-refractivity contribution >= 4 is 28.3 Å². The van der Waals surface area contributed by atoms with Gasteiger partial charge < -0.3 is 10.7 Å². The number of benzene rings is 1. The molecule has 0 fully saturated rings. The van der Waals surface area contributed by atoms with Crippen molar-refractivity contribution in [2.24, 2.45) is 5.73 Å². The number of hydrogen-bond acceptors (Lipinski definition) is 5. The van der Waals surface area contributed by atoms with Gasteiger partial charge in [0.05, 0.1) is 16.8 Å². The largest absolute Gasteiger partial charge is 0.366 e. The fraction of sp³-hybridized carbons (Fsp3) is 0. The summed E-state index contributed by atoms with van der Waals surface area (Å²) in [5.74, 6) is 0.129. The Hall–Kier alpha value is -3.06. The van der Waals surface area contributed by atoms with E-state index in [9.17, 15) is 4.79 Å². The van der Waals surface area contributed by atoms with E-state index in [2.05, 4.69) is 19.9 Å². The highest BCUT2D eigenvalue weighted by Crippen LogP contribution is 2.29. The predicted molar refractivity (Wildman–Crippen MR) is 89.0 cm³/mol. The molecule has 4 rings (SSSR count). The van der Waals surface area contributed by atoms with Crippen LogP contribution in [0.2, 0.25) is 0 Å². The number of hydrogen-bond donors (Lipinski definition) is 2. The number of imidazole rings is 1. The van der Waals surface area contributed by atoms with E-state index in [-0.39, 0.29) is 0 Å². The van der Waals surface area contributed by atoms with Crippen LogP contribution in [0.25, 0.3) is 33.1 Å². The average Bonchev–Trinajstić information content (AvgIpc) is 3.21. The molecule has 7 heteroatoms. The molecule has 6 nitrogen and oxygen atoms in total. The fourth-order valence-electron chi connectivity index (χ4n) is 2.37. The lowest BCUT2D eigenvalue weighted by Crippen LogP contribution is -2.11. The number of primary amides is 1. The smallest absolute Gasteiger partial charge is 0.250 e. The first kappa shape index (κ1) is 13.6. The highest BCUT2D eigenvalue weighted by molar-refractivity contribution is 7.13. The van der Waals surface area contributed by atoms with Crippen molar-refractivity contribution in [3.63, 3.8) is 0 Å². The van der Waals surface area contributed by atoms with E-state index >= 15 is 0 Å². The minimum atomic E-state index is -0.495. The van der Waals surface area contributed by atoms with Gasteiger partial charge in [-0.2, -0.15) is 0 Å². The van der Waals surface area contributed by atoms with E-state index in [1.165, 1.54) is 11.3 Å². The summed E-state index contributed by atoms with van der Waals surface area (Å²) in [6.45, 7) is 0. The molecule has 0 atom stereocenters. The molecule has 1 amide bonds. The quantitative estimate of drug-likeness (QED) is 0.606. The maximum Gasteiger partial charge on any atom is 0.250 e. The number of rotatable bonds is 3. The Labute approximate surface area is 135 Å². The molecule has 0 aliphatic heterocycles. The number of para-hydroxylation sites is 1. The molecule has 0 bridgehead atoms. The predicted octanol–water partition coefficient (Wildman–Crippen LogP) is 2.85. The number of amides is 1. The van der Waals surface area contributed by atoms with Crippen molar-refractivity contribution in [3.05, 3.63) is 53.7 Å². The van der Waals surface area contributed by atoms with Crippen LogP contribution < -0.4 is 5.73 Å². The van der Waals surface area contributed by atoms with Gasteiger partial charge in [-0.05, 0) is 24.3 Å². The first-order chi connectivity index (χ1) is 11.2. The van der Waals surface area contributed by atoms with Gasteiger partial charge in [0, 0.05) is 23.3 Å². The van der Waals surface area contributed by atoms with Crippen LogP contribution in [0.4, 0.5) is 0 Å². The Bertz CT molecular complexity index is 1010. The number of fused-ring (bicyclic) bond motifs is 1. The Morgan fingerprint density at radius 1 is 1.13 bits per heavy atom. The second-order valence-electron chi connectivity index (χ2n) is 4.93. The first-order valence-electron chi connectivity index (χ1n) is 6.87. The van der Waals surface area contributed by atoms with Crippen LogP contribution in [0.1, 0.15) is 10.4 Å². The molecule has 4 aromatic rings. The first-order valence-corrected chi connectivity index (χ1v) is 7.75. The zero-order valence-electron chi connectivity index (χ0n) is 11.9. The zero-order chi connectivity index (χ0) is 15.8. The molecule has 0 spiro atoms. The third-order valence-electron chi connectivity index (χ3n) is 3.46. The van der Waals surface area contributed by atoms with Gasteiger partial charge in [0.15, 0.2) is 10.8 Å². The highest BCUT2D eigenvalue weighted by Gasteiger charge is 2.14. The molecule has 3 N–H and O–H groups in total. The Balaban J connectivity index is 1.80. The molecule has 3 aromatic heterocycles. The van der Waals surface area contributed by atoms with Crippen molar-refractivity contribution < 1.29 is 4.79 Å². The summed E-state index contributed by atoms with van der Waals surface area (Å²) >= 11 is 1.49. The van der Waals surface area contributed by atoms with Crippen molar-refractivity contribution in [2.75, 3.05) is 0 Å². The summed E-state index contributed by atoms with van der Waals surface area (Å²) in [7, 11) is 0. The molecule has 112 valence electrons. The molecule has 0 unspecified atom stereocenters. The van der Waals surface area contributed by atoms with Crippen LogP contribution in [-0.4, -0.2) is 25.8 Å². The molecule has 3 heterocycles. The number of nitrogens with two attached hydrogens (primary N) is 1. The fourth-order valence-corrected chi connectivity index (χ4v) is 3.14. The van der Waals surface area contributed by atoms with Crippen LogP contribution >= 0.6 is 11.3 Å². The number of H-pyrrole nitrogens is 1. The van der Waals surface area contributed by atoms with Gasteiger partial charge in [-0.15, -0.1) is 11.3 Å². The molecule has 1 aromatic carbocycles. The lowest BCUT2D eigenvalue weighted by atomic mass is 10.2. The number of aromatic amines is 1. The number of carbonyl (C=O) groups excluding carboxylic acids is 1. The van der Waals surface area contributed by atoms with Gasteiger partial charge >= 0.3 is 0 Å². The normalized spacial score (nSPS) is 11.0. The van der Waals surface area contributed by atoms with Crippen molar-refractivity contribution in [1.82, 2.24) is 19.9 Å². The van der Waals surface area contributed by atoms with Gasteiger partial charge in [-0.1, -0.05) is 6.07 Å². The molecule has 0 saturated heterocycles. The van der Waals surface area contributed by atoms with E-state index in [1.807, 2.05) is 23.6 Å². The Morgan fingerprint density at radius 2 is 1.96 bits per heavy atom. The van der Waals surface area contributed by atoms with Gasteiger partial charge in [0.1, 0.15) is 5.52 Å². The summed E-state index contributed by atoms with van der Waals surface area (Å²) < 4.78 is 0. The van der Waals surface area contributed by atoms with Crippen LogP contribution in [0.15, 0.2) is 48.1 Å². The van der Waals surface area contributed by atoms with E-state index in [0.29, 0.717) is 16.9 Å². The van der Waals surface area contributed by atoms with Crippen LogP contribution in [0, 0.1) is 0 Å². The number of thiazole rings is 1. The molecule has 0 saturated carbocycles. The van der Waals surface area contributed by atoms with E-state index in [4.69, 9.17) is 5.73 Å². The van der Waals surface area contributed by atoms with Crippen LogP contribution in [-0.2, 0) is 0 Å². The molecule has 0 radical (unpaired) electrons. The number of pyridine rings is 1. The van der Waals surface area contributed by atoms with Crippen molar-refractivity contribution in [2.45, 2.75) is 0 Å². The summed E-state index contributed by atoms with van der Waals surface area (Å²) in [6, 6.07) is 9.11. The maximum absolute atomic E-state index is 11.5. The minimum Gasteiger partial charge on any atom is -0.366 e. The lowest BCUT2D eigenvalue weighted by molar-refractivity contribution is 0.100. The second-order valence-corrected chi connectivity index (χ2v) is 5.78.